The number of aryl methyl sites for hydroxylation is 1. The molecule has 0 saturated carbocycles. The number of carbonyl (C=O) groups excluding carboxylic acids is 1. The Labute approximate surface area is 180 Å². The average molecular weight is 423 g/mol. The van der Waals surface area contributed by atoms with Crippen LogP contribution < -0.4 is 10.7 Å². The van der Waals surface area contributed by atoms with Crippen LogP contribution in [0.25, 0.3) is 11.3 Å². The quantitative estimate of drug-likeness (QED) is 0.625. The van der Waals surface area contributed by atoms with Crippen LogP contribution in [-0.2, 0) is 6.54 Å². The number of allylic oxidation sites excluding steroid dienone is 1. The van der Waals surface area contributed by atoms with Gasteiger partial charge in [-0.25, -0.2) is 5.43 Å². The first kappa shape index (κ1) is 20.2. The highest BCUT2D eigenvalue weighted by Gasteiger charge is 2.28. The maximum Gasteiger partial charge on any atom is 0.277 e. The van der Waals surface area contributed by atoms with E-state index in [2.05, 4.69) is 40.0 Å². The second kappa shape index (κ2) is 8.34. The van der Waals surface area contributed by atoms with Crippen LogP contribution in [0.5, 0.6) is 0 Å². The molecule has 0 aliphatic carbocycles. The average Bonchev–Trinajstić information content (AvgIpc) is 3.31. The first-order chi connectivity index (χ1) is 14.4. The zero-order valence-corrected chi connectivity index (χ0v) is 17.8. The van der Waals surface area contributed by atoms with E-state index in [0.29, 0.717) is 17.3 Å². The van der Waals surface area contributed by atoms with Crippen LogP contribution in [0, 0.1) is 6.92 Å². The lowest BCUT2D eigenvalue weighted by molar-refractivity contribution is 0.0954. The predicted octanol–water partition coefficient (Wildman–Crippen LogP) is 4.67. The molecule has 7 heteroatoms. The van der Waals surface area contributed by atoms with Gasteiger partial charge in [-0.15, -0.1) is 0 Å². The molecule has 30 heavy (non-hydrogen) atoms. The normalized spacial score (nSPS) is 16.3. The van der Waals surface area contributed by atoms with Crippen molar-refractivity contribution in [2.45, 2.75) is 33.4 Å². The number of nitrogens with one attached hydrogen (secondary N) is 2. The van der Waals surface area contributed by atoms with Gasteiger partial charge < -0.3 is 14.8 Å². The van der Waals surface area contributed by atoms with Crippen LogP contribution in [0.2, 0.25) is 5.02 Å². The molecular formula is C23H23ClN4O2. The molecule has 2 N–H and O–H groups in total. The Hall–Kier alpha value is -3.09. The second-order valence-electron chi connectivity index (χ2n) is 7.40. The molecule has 0 unspecified atom stereocenters. The maximum absolute atomic E-state index is 12.8. The van der Waals surface area contributed by atoms with Gasteiger partial charge in [0.2, 0.25) is 0 Å². The number of hydrogen-bond donors (Lipinski definition) is 2. The van der Waals surface area contributed by atoms with Crippen molar-refractivity contribution in [3.63, 3.8) is 0 Å². The van der Waals surface area contributed by atoms with Crippen molar-refractivity contribution in [3.8, 4) is 11.3 Å². The molecule has 154 valence electrons. The van der Waals surface area contributed by atoms with E-state index in [0.717, 1.165) is 17.0 Å². The largest absolute Gasteiger partial charge is 0.355 e. The van der Waals surface area contributed by atoms with Crippen LogP contribution in [-0.4, -0.2) is 22.1 Å². The molecule has 0 bridgehead atoms. The zero-order valence-electron chi connectivity index (χ0n) is 17.1. The molecule has 2 heterocycles. The number of amides is 1. The fourth-order valence-electron chi connectivity index (χ4n) is 3.52. The van der Waals surface area contributed by atoms with Crippen LogP contribution in [0.15, 0.2) is 70.5 Å². The summed E-state index contributed by atoms with van der Waals surface area (Å²) in [5, 5.41) is 9.57. The van der Waals surface area contributed by atoms with E-state index in [-0.39, 0.29) is 17.6 Å². The van der Waals surface area contributed by atoms with Crippen molar-refractivity contribution >= 4 is 17.5 Å². The summed E-state index contributed by atoms with van der Waals surface area (Å²) in [6.07, 6.45) is 0. The van der Waals surface area contributed by atoms with E-state index >= 15 is 0 Å². The Balaban J connectivity index is 1.50. The van der Waals surface area contributed by atoms with Crippen LogP contribution in [0.1, 0.15) is 35.5 Å². The highest BCUT2D eigenvalue weighted by atomic mass is 35.5. The van der Waals surface area contributed by atoms with Gasteiger partial charge in [-0.05, 0) is 44.0 Å². The molecule has 0 saturated heterocycles. The summed E-state index contributed by atoms with van der Waals surface area (Å²) in [7, 11) is 0. The van der Waals surface area contributed by atoms with Gasteiger partial charge in [0.15, 0.2) is 11.5 Å². The summed E-state index contributed by atoms with van der Waals surface area (Å²) in [6, 6.07) is 17.1. The Morgan fingerprint density at radius 2 is 2.00 bits per heavy atom. The molecule has 6 nitrogen and oxygen atoms in total. The van der Waals surface area contributed by atoms with E-state index < -0.39 is 0 Å². The third kappa shape index (κ3) is 4.10. The highest BCUT2D eigenvalue weighted by Crippen LogP contribution is 2.25. The van der Waals surface area contributed by atoms with Crippen molar-refractivity contribution < 1.29 is 9.32 Å². The minimum absolute atomic E-state index is 0.0303. The van der Waals surface area contributed by atoms with Gasteiger partial charge in [0.1, 0.15) is 0 Å². The summed E-state index contributed by atoms with van der Waals surface area (Å²) in [4.78, 5) is 12.8. The van der Waals surface area contributed by atoms with Gasteiger partial charge >= 0.3 is 0 Å². The Morgan fingerprint density at radius 1 is 1.20 bits per heavy atom. The number of hydrogen-bond acceptors (Lipinski definition) is 5. The van der Waals surface area contributed by atoms with Crippen molar-refractivity contribution in [1.82, 2.24) is 20.9 Å². The standard InChI is InChI=1S/C23H23ClN4O2/c1-14-7-4-5-8-18(14)13-28-16(3)22(15(2)26-28)25-23(29)20-12-21(30-27-20)17-9-6-10-19(24)11-17/h4-12,15,26H,13H2,1-3H3,(H,25,29)/t15-/m1/s1. The molecule has 1 atom stereocenters. The van der Waals surface area contributed by atoms with E-state index in [1.807, 2.05) is 38.1 Å². The van der Waals surface area contributed by atoms with Crippen molar-refractivity contribution in [2.24, 2.45) is 0 Å². The van der Waals surface area contributed by atoms with Crippen molar-refractivity contribution in [3.05, 3.63) is 87.8 Å². The van der Waals surface area contributed by atoms with Gasteiger partial charge in [0.25, 0.3) is 5.91 Å². The van der Waals surface area contributed by atoms with E-state index in [1.165, 1.54) is 11.1 Å². The minimum Gasteiger partial charge on any atom is -0.355 e. The van der Waals surface area contributed by atoms with E-state index in [9.17, 15) is 4.79 Å². The molecule has 1 aliphatic rings. The first-order valence-corrected chi connectivity index (χ1v) is 10.1. The Bertz CT molecular complexity index is 1120. The summed E-state index contributed by atoms with van der Waals surface area (Å²) in [5.41, 5.74) is 8.64. The van der Waals surface area contributed by atoms with E-state index in [4.69, 9.17) is 16.1 Å². The van der Waals surface area contributed by atoms with Crippen LogP contribution in [0.3, 0.4) is 0 Å². The third-order valence-corrected chi connectivity index (χ3v) is 5.50. The topological polar surface area (TPSA) is 70.4 Å². The van der Waals surface area contributed by atoms with Gasteiger partial charge in [-0.2, -0.15) is 0 Å². The second-order valence-corrected chi connectivity index (χ2v) is 7.84. The highest BCUT2D eigenvalue weighted by molar-refractivity contribution is 6.30. The number of hydrazine groups is 1. The Kier molecular flexibility index (Phi) is 5.61. The van der Waals surface area contributed by atoms with Crippen molar-refractivity contribution in [1.29, 1.82) is 0 Å². The number of carbonyl (C=O) groups is 1. The molecule has 1 amide bonds. The minimum atomic E-state index is -0.312. The number of rotatable bonds is 5. The predicted molar refractivity (Wildman–Crippen MR) is 116 cm³/mol. The van der Waals surface area contributed by atoms with Gasteiger partial charge in [0, 0.05) is 22.3 Å². The molecular weight excluding hydrogens is 400 g/mol. The number of halogens is 1. The number of aromatic nitrogens is 1. The molecule has 1 aromatic heterocycles. The van der Waals surface area contributed by atoms with Gasteiger partial charge in [-0.1, -0.05) is 53.2 Å². The third-order valence-electron chi connectivity index (χ3n) is 5.27. The van der Waals surface area contributed by atoms with Crippen molar-refractivity contribution in [2.75, 3.05) is 0 Å². The van der Waals surface area contributed by atoms with E-state index in [1.54, 1.807) is 18.2 Å². The molecule has 4 rings (SSSR count). The zero-order chi connectivity index (χ0) is 21.3. The lowest BCUT2D eigenvalue weighted by Crippen LogP contribution is -2.37. The van der Waals surface area contributed by atoms with Crippen LogP contribution >= 0.6 is 11.6 Å². The molecule has 0 spiro atoms. The summed E-state index contributed by atoms with van der Waals surface area (Å²) in [5.74, 6) is 0.180. The lowest BCUT2D eigenvalue weighted by Gasteiger charge is -2.22. The van der Waals surface area contributed by atoms with Crippen LogP contribution in [0.4, 0.5) is 0 Å². The monoisotopic (exact) mass is 422 g/mol. The Morgan fingerprint density at radius 3 is 2.77 bits per heavy atom. The summed E-state index contributed by atoms with van der Waals surface area (Å²) in [6.45, 7) is 6.81. The number of benzene rings is 2. The van der Waals surface area contributed by atoms with Gasteiger partial charge in [0.05, 0.1) is 18.3 Å². The molecule has 0 fully saturated rings. The molecule has 3 aromatic rings. The first-order valence-electron chi connectivity index (χ1n) is 9.75. The lowest BCUT2D eigenvalue weighted by atomic mass is 10.1. The summed E-state index contributed by atoms with van der Waals surface area (Å²) >= 11 is 6.03. The SMILES string of the molecule is CC1=C(NC(=O)c2cc(-c3cccc(Cl)c3)on2)[C@@H](C)NN1Cc1ccccc1C. The molecule has 0 radical (unpaired) electrons. The molecule has 2 aromatic carbocycles. The number of nitrogens with zero attached hydrogens (tertiary/aromatic N) is 2. The smallest absolute Gasteiger partial charge is 0.277 e. The fourth-order valence-corrected chi connectivity index (χ4v) is 3.71. The van der Waals surface area contributed by atoms with Gasteiger partial charge in [-0.3, -0.25) is 4.79 Å². The fraction of sp³-hybridized carbons (Fsp3) is 0.217. The maximum atomic E-state index is 12.8. The summed E-state index contributed by atoms with van der Waals surface area (Å²) < 4.78 is 5.35. The molecule has 1 aliphatic heterocycles.